The highest BCUT2D eigenvalue weighted by atomic mass is 35.5. The maximum absolute atomic E-state index is 12.2. The zero-order chi connectivity index (χ0) is 25.5. The van der Waals surface area contributed by atoms with Gasteiger partial charge in [-0.2, -0.15) is 0 Å². The molecule has 0 unspecified atom stereocenters. The van der Waals surface area contributed by atoms with E-state index >= 15 is 0 Å². The van der Waals surface area contributed by atoms with Crippen molar-refractivity contribution in [1.82, 2.24) is 25.5 Å². The van der Waals surface area contributed by atoms with E-state index in [1.54, 1.807) is 24.7 Å². The van der Waals surface area contributed by atoms with Crippen molar-refractivity contribution in [3.8, 4) is 11.1 Å². The fourth-order valence-corrected chi connectivity index (χ4v) is 3.94. The fourth-order valence-electron chi connectivity index (χ4n) is 3.94. The first-order chi connectivity index (χ1) is 17.5. The van der Waals surface area contributed by atoms with Crippen LogP contribution < -0.4 is 16.0 Å². The van der Waals surface area contributed by atoms with Crippen LogP contribution in [-0.2, 0) is 20.9 Å². The van der Waals surface area contributed by atoms with Crippen molar-refractivity contribution in [1.29, 1.82) is 0 Å². The number of carbonyl (C=O) groups is 4. The van der Waals surface area contributed by atoms with Crippen molar-refractivity contribution >= 4 is 52.9 Å². The van der Waals surface area contributed by atoms with E-state index in [0.717, 1.165) is 32.4 Å². The van der Waals surface area contributed by atoms with E-state index in [1.807, 2.05) is 31.2 Å². The molecule has 1 aliphatic rings. The van der Waals surface area contributed by atoms with Gasteiger partial charge in [0.15, 0.2) is 0 Å². The minimum Gasteiger partial charge on any atom is -0.448 e. The first-order valence-electron chi connectivity index (χ1n) is 11.6. The molecule has 3 N–H and O–H groups in total. The van der Waals surface area contributed by atoms with Crippen LogP contribution in [0.1, 0.15) is 25.3 Å². The van der Waals surface area contributed by atoms with Gasteiger partial charge in [0.2, 0.25) is 11.8 Å². The van der Waals surface area contributed by atoms with Crippen molar-refractivity contribution < 1.29 is 23.9 Å². The Kier molecular flexibility index (Phi) is 9.33. The molecule has 0 bridgehead atoms. The number of amides is 5. The second-order valence-corrected chi connectivity index (χ2v) is 8.04. The molecule has 5 amide bonds. The third kappa shape index (κ3) is 6.70. The molecule has 3 aromatic rings. The molecule has 194 valence electrons. The molecule has 0 aliphatic carbocycles. The quantitative estimate of drug-likeness (QED) is 0.382. The molecule has 37 heavy (non-hydrogen) atoms. The molecule has 0 saturated carbocycles. The number of carbonyl (C=O) groups excluding carboxylic acids is 4. The highest BCUT2D eigenvalue weighted by molar-refractivity contribution is 6.02. The Hall–Kier alpha value is -4.25. The Morgan fingerprint density at radius 1 is 1.03 bits per heavy atom. The molecule has 4 rings (SSSR count). The van der Waals surface area contributed by atoms with Crippen LogP contribution in [0.5, 0.6) is 0 Å². The maximum Gasteiger partial charge on any atom is 0.407 e. The van der Waals surface area contributed by atoms with E-state index in [-0.39, 0.29) is 62.8 Å². The molecule has 0 spiro atoms. The Bertz CT molecular complexity index is 1290. The first-order valence-corrected chi connectivity index (χ1v) is 11.6. The van der Waals surface area contributed by atoms with Crippen molar-refractivity contribution in [2.24, 2.45) is 0 Å². The largest absolute Gasteiger partial charge is 0.448 e. The van der Waals surface area contributed by atoms with E-state index in [2.05, 4.69) is 25.9 Å². The number of ether oxygens (including phenoxy) is 1. The molecule has 2 aromatic heterocycles. The second kappa shape index (κ2) is 12.6. The number of imide groups is 1. The number of urea groups is 1. The fraction of sp³-hybridized carbons (Fsp3) is 0.280. The number of hydrogen-bond donors (Lipinski definition) is 3. The predicted molar refractivity (Wildman–Crippen MR) is 139 cm³/mol. The monoisotopic (exact) mass is 526 g/mol. The van der Waals surface area contributed by atoms with Gasteiger partial charge in [-0.05, 0) is 47.2 Å². The van der Waals surface area contributed by atoms with Crippen LogP contribution in [-0.4, -0.2) is 58.5 Å². The lowest BCUT2D eigenvalue weighted by molar-refractivity contribution is -0.138. The number of rotatable bonds is 8. The molecule has 3 heterocycles. The Morgan fingerprint density at radius 3 is 2.46 bits per heavy atom. The molecule has 11 nitrogen and oxygen atoms in total. The van der Waals surface area contributed by atoms with E-state index in [0.29, 0.717) is 12.4 Å². The van der Waals surface area contributed by atoms with Crippen molar-refractivity contribution in [2.45, 2.75) is 26.3 Å². The third-order valence-electron chi connectivity index (χ3n) is 5.69. The van der Waals surface area contributed by atoms with Gasteiger partial charge in [-0.15, -0.1) is 12.4 Å². The first kappa shape index (κ1) is 27.3. The number of alkyl carbamates (subject to hydrolysis) is 1. The van der Waals surface area contributed by atoms with Crippen LogP contribution in [0.2, 0.25) is 0 Å². The Labute approximate surface area is 219 Å². The summed E-state index contributed by atoms with van der Waals surface area (Å²) in [6.45, 7) is 2.43. The summed E-state index contributed by atoms with van der Waals surface area (Å²) in [7, 11) is 0. The standard InChI is InChI=1S/C25H26N6O5.ClH/c1-2-27-24(34)30-21-13-19-18(16-7-9-26-10-8-16)4-3-17(20(19)15-28-21)14-29-25(35)36-12-11-31-22(32)5-6-23(31)33;/h3-4,7-10,13,15H,2,5-6,11-12,14H2,1H3,(H,29,35)(H2,27,28,30,34);1H. The Balaban J connectivity index is 0.00000380. The molecule has 12 heteroatoms. The summed E-state index contributed by atoms with van der Waals surface area (Å²) in [4.78, 5) is 57.0. The van der Waals surface area contributed by atoms with Gasteiger partial charge in [0, 0.05) is 49.9 Å². The number of benzene rings is 1. The van der Waals surface area contributed by atoms with Gasteiger partial charge >= 0.3 is 12.1 Å². The zero-order valence-electron chi connectivity index (χ0n) is 20.2. The van der Waals surface area contributed by atoms with Gasteiger partial charge in [-0.25, -0.2) is 14.6 Å². The summed E-state index contributed by atoms with van der Waals surface area (Å²) in [6.07, 6.45) is 4.78. The molecule has 1 fully saturated rings. The number of fused-ring (bicyclic) bond motifs is 1. The summed E-state index contributed by atoms with van der Waals surface area (Å²) in [6, 6.07) is 9.02. The molecule has 0 radical (unpaired) electrons. The SMILES string of the molecule is CCNC(=O)Nc1cc2c(-c3ccncc3)ccc(CNC(=O)OCCN3C(=O)CCC3=O)c2cn1.Cl. The summed E-state index contributed by atoms with van der Waals surface area (Å²) >= 11 is 0. The highest BCUT2D eigenvalue weighted by Gasteiger charge is 2.28. The van der Waals surface area contributed by atoms with Gasteiger partial charge in [0.1, 0.15) is 12.4 Å². The Morgan fingerprint density at radius 2 is 1.76 bits per heavy atom. The van der Waals surface area contributed by atoms with Crippen LogP contribution in [0.25, 0.3) is 21.9 Å². The lowest BCUT2D eigenvalue weighted by Gasteiger charge is -2.15. The van der Waals surface area contributed by atoms with E-state index in [4.69, 9.17) is 4.74 Å². The van der Waals surface area contributed by atoms with E-state index in [1.165, 1.54) is 0 Å². The number of nitrogens with one attached hydrogen (secondary N) is 3. The summed E-state index contributed by atoms with van der Waals surface area (Å²) in [5.41, 5.74) is 2.65. The maximum atomic E-state index is 12.2. The van der Waals surface area contributed by atoms with Gasteiger partial charge in [-0.1, -0.05) is 12.1 Å². The second-order valence-electron chi connectivity index (χ2n) is 8.04. The number of pyridine rings is 2. The molecule has 0 atom stereocenters. The van der Waals surface area contributed by atoms with E-state index in [9.17, 15) is 19.2 Å². The molecule has 1 saturated heterocycles. The molecular weight excluding hydrogens is 500 g/mol. The van der Waals surface area contributed by atoms with Crippen LogP contribution in [0.4, 0.5) is 15.4 Å². The normalized spacial score (nSPS) is 12.7. The van der Waals surface area contributed by atoms with Gasteiger partial charge in [0.05, 0.1) is 6.54 Å². The summed E-state index contributed by atoms with van der Waals surface area (Å²) in [5.74, 6) is -0.115. The zero-order valence-corrected chi connectivity index (χ0v) is 21.0. The molecule has 1 aliphatic heterocycles. The van der Waals surface area contributed by atoms with Crippen molar-refractivity contribution in [3.63, 3.8) is 0 Å². The van der Waals surface area contributed by atoms with Crippen LogP contribution in [0, 0.1) is 0 Å². The number of halogens is 1. The number of aromatic nitrogens is 2. The predicted octanol–water partition coefficient (Wildman–Crippen LogP) is 3.24. The smallest absolute Gasteiger partial charge is 0.407 e. The van der Waals surface area contributed by atoms with Crippen molar-refractivity contribution in [3.05, 3.63) is 54.5 Å². The van der Waals surface area contributed by atoms with Gasteiger partial charge < -0.3 is 15.4 Å². The summed E-state index contributed by atoms with van der Waals surface area (Å²) in [5, 5.41) is 9.71. The highest BCUT2D eigenvalue weighted by Crippen LogP contribution is 2.31. The molecular formula is C25H27ClN6O5. The van der Waals surface area contributed by atoms with Crippen LogP contribution in [0.3, 0.4) is 0 Å². The lowest BCUT2D eigenvalue weighted by Crippen LogP contribution is -2.34. The van der Waals surface area contributed by atoms with E-state index < -0.39 is 6.09 Å². The van der Waals surface area contributed by atoms with Crippen molar-refractivity contribution in [2.75, 3.05) is 25.0 Å². The van der Waals surface area contributed by atoms with Gasteiger partial charge in [-0.3, -0.25) is 24.8 Å². The topological polar surface area (TPSA) is 143 Å². The number of nitrogens with zero attached hydrogens (tertiary/aromatic N) is 3. The number of likely N-dealkylation sites (tertiary alicyclic amines) is 1. The van der Waals surface area contributed by atoms with Crippen LogP contribution in [0.15, 0.2) is 48.9 Å². The summed E-state index contributed by atoms with van der Waals surface area (Å²) < 4.78 is 5.14. The van der Waals surface area contributed by atoms with Crippen LogP contribution >= 0.6 is 12.4 Å². The molecule has 1 aromatic carbocycles. The van der Waals surface area contributed by atoms with Gasteiger partial charge in [0.25, 0.3) is 0 Å². The average Bonchev–Trinajstić information content (AvgIpc) is 3.20. The number of anilines is 1. The average molecular weight is 527 g/mol. The minimum atomic E-state index is -0.664. The lowest BCUT2D eigenvalue weighted by atomic mass is 9.96. The number of hydrogen-bond acceptors (Lipinski definition) is 7. The third-order valence-corrected chi connectivity index (χ3v) is 5.69. The minimum absolute atomic E-state index is 0.